The van der Waals surface area contributed by atoms with Gasteiger partial charge in [-0.25, -0.2) is 9.59 Å². The Hall–Kier alpha value is -1.78. The minimum absolute atomic E-state index is 0.241. The van der Waals surface area contributed by atoms with Crippen LogP contribution < -0.4 is 5.32 Å². The molecule has 0 unspecified atom stereocenters. The van der Waals surface area contributed by atoms with Crippen LogP contribution in [0.25, 0.3) is 0 Å². The van der Waals surface area contributed by atoms with Crippen molar-refractivity contribution in [2.24, 2.45) is 0 Å². The van der Waals surface area contributed by atoms with Gasteiger partial charge >= 0.3 is 11.9 Å². The average Bonchev–Trinajstić information content (AvgIpc) is 2.30. The van der Waals surface area contributed by atoms with E-state index in [4.69, 9.17) is 9.47 Å². The van der Waals surface area contributed by atoms with E-state index in [2.05, 4.69) is 5.32 Å². The molecule has 5 heteroatoms. The number of rotatable bonds is 4. The van der Waals surface area contributed by atoms with Gasteiger partial charge in [-0.1, -0.05) is 0 Å². The quantitative estimate of drug-likeness (QED) is 0.719. The van der Waals surface area contributed by atoms with E-state index in [1.54, 1.807) is 13.8 Å². The summed E-state index contributed by atoms with van der Waals surface area (Å²) in [5.74, 6) is -0.824. The maximum absolute atomic E-state index is 11.4. The zero-order valence-corrected chi connectivity index (χ0v) is 9.41. The Kier molecular flexibility index (Phi) is 4.57. The molecule has 0 aliphatic carbocycles. The lowest BCUT2D eigenvalue weighted by atomic mass is 10.1. The Morgan fingerprint density at radius 1 is 1.12 bits per heavy atom. The number of hydrogen-bond donors (Lipinski definition) is 1. The Morgan fingerprint density at radius 3 is 1.94 bits per heavy atom. The van der Waals surface area contributed by atoms with Crippen LogP contribution in [0, 0.1) is 0 Å². The molecule has 5 nitrogen and oxygen atoms in total. The zero-order valence-electron chi connectivity index (χ0n) is 9.41. The number of ether oxygens (including phenoxy) is 2. The molecule has 0 saturated heterocycles. The molecule has 0 amide bonds. The van der Waals surface area contributed by atoms with Crippen LogP contribution in [0.5, 0.6) is 0 Å². The molecule has 0 aromatic heterocycles. The highest BCUT2D eigenvalue weighted by atomic mass is 16.5. The van der Waals surface area contributed by atoms with E-state index in [1.807, 2.05) is 0 Å². The first kappa shape index (κ1) is 12.3. The second-order valence-electron chi connectivity index (χ2n) is 3.12. The fourth-order valence-electron chi connectivity index (χ4n) is 1.26. The van der Waals surface area contributed by atoms with Gasteiger partial charge in [0.05, 0.1) is 24.4 Å². The Labute approximate surface area is 94.1 Å². The summed E-state index contributed by atoms with van der Waals surface area (Å²) in [5, 5.41) is 2.74. The third-order valence-electron chi connectivity index (χ3n) is 1.97. The molecule has 1 heterocycles. The third kappa shape index (κ3) is 3.12. The predicted octanol–water partition coefficient (Wildman–Crippen LogP) is 0.874. The van der Waals surface area contributed by atoms with Gasteiger partial charge in [0.1, 0.15) is 0 Å². The SMILES string of the molecule is CCOC(=O)C1=CNC=C(C(=O)OCC)C1. The van der Waals surface area contributed by atoms with Crippen LogP contribution >= 0.6 is 0 Å². The molecule has 0 fully saturated rings. The largest absolute Gasteiger partial charge is 0.463 e. The lowest BCUT2D eigenvalue weighted by Gasteiger charge is -2.13. The van der Waals surface area contributed by atoms with Crippen molar-refractivity contribution in [3.8, 4) is 0 Å². The van der Waals surface area contributed by atoms with Crippen LogP contribution in [0.4, 0.5) is 0 Å². The summed E-state index contributed by atoms with van der Waals surface area (Å²) < 4.78 is 9.69. The number of hydrogen-bond acceptors (Lipinski definition) is 5. The van der Waals surface area contributed by atoms with Gasteiger partial charge in [-0.3, -0.25) is 0 Å². The summed E-state index contributed by atoms with van der Waals surface area (Å²) in [5.41, 5.74) is 0.847. The van der Waals surface area contributed by atoms with Crippen LogP contribution in [0.3, 0.4) is 0 Å². The van der Waals surface area contributed by atoms with E-state index in [0.717, 1.165) is 0 Å². The maximum atomic E-state index is 11.4. The molecular formula is C11H15NO4. The number of dihydropyridines is 1. The highest BCUT2D eigenvalue weighted by Gasteiger charge is 2.20. The van der Waals surface area contributed by atoms with E-state index in [0.29, 0.717) is 24.4 Å². The maximum Gasteiger partial charge on any atom is 0.335 e. The van der Waals surface area contributed by atoms with Gasteiger partial charge in [-0.05, 0) is 13.8 Å². The lowest BCUT2D eigenvalue weighted by molar-refractivity contribution is -0.139. The number of carbonyl (C=O) groups is 2. The zero-order chi connectivity index (χ0) is 12.0. The summed E-state index contributed by atoms with van der Waals surface area (Å²) in [6.07, 6.45) is 3.30. The van der Waals surface area contributed by atoms with Crippen molar-refractivity contribution in [1.82, 2.24) is 5.32 Å². The number of nitrogens with one attached hydrogen (secondary N) is 1. The molecule has 88 valence electrons. The van der Waals surface area contributed by atoms with E-state index < -0.39 is 11.9 Å². The first-order valence-electron chi connectivity index (χ1n) is 5.17. The number of esters is 2. The monoisotopic (exact) mass is 225 g/mol. The Balaban J connectivity index is 2.59. The van der Waals surface area contributed by atoms with Crippen molar-refractivity contribution in [3.63, 3.8) is 0 Å². The van der Waals surface area contributed by atoms with Gasteiger partial charge in [-0.2, -0.15) is 0 Å². The molecule has 1 aliphatic heterocycles. The molecule has 0 radical (unpaired) electrons. The van der Waals surface area contributed by atoms with Crippen molar-refractivity contribution in [3.05, 3.63) is 23.5 Å². The van der Waals surface area contributed by atoms with E-state index >= 15 is 0 Å². The van der Waals surface area contributed by atoms with Crippen molar-refractivity contribution < 1.29 is 19.1 Å². The third-order valence-corrected chi connectivity index (χ3v) is 1.97. The summed E-state index contributed by atoms with van der Waals surface area (Å²) in [7, 11) is 0. The molecule has 0 atom stereocenters. The van der Waals surface area contributed by atoms with Crippen LogP contribution in [0.1, 0.15) is 20.3 Å². The second-order valence-corrected chi connectivity index (χ2v) is 3.12. The van der Waals surface area contributed by atoms with Gasteiger partial charge in [0.25, 0.3) is 0 Å². The lowest BCUT2D eigenvalue weighted by Crippen LogP contribution is -2.19. The van der Waals surface area contributed by atoms with Gasteiger partial charge in [0, 0.05) is 18.8 Å². The smallest absolute Gasteiger partial charge is 0.335 e. The molecule has 0 aromatic rings. The van der Waals surface area contributed by atoms with Crippen LogP contribution in [0.2, 0.25) is 0 Å². The predicted molar refractivity (Wildman–Crippen MR) is 57.2 cm³/mol. The first-order chi connectivity index (χ1) is 7.69. The summed E-state index contributed by atoms with van der Waals surface area (Å²) in [6.45, 7) is 4.09. The molecule has 0 bridgehead atoms. The normalized spacial score (nSPS) is 14.4. The van der Waals surface area contributed by atoms with E-state index in [9.17, 15) is 9.59 Å². The van der Waals surface area contributed by atoms with Crippen molar-refractivity contribution in [2.45, 2.75) is 20.3 Å². The molecule has 16 heavy (non-hydrogen) atoms. The molecular weight excluding hydrogens is 210 g/mol. The topological polar surface area (TPSA) is 64.6 Å². The van der Waals surface area contributed by atoms with Gasteiger partial charge in [0.15, 0.2) is 0 Å². The fraction of sp³-hybridized carbons (Fsp3) is 0.455. The summed E-state index contributed by atoms with van der Waals surface area (Å²) in [6, 6.07) is 0. The fourth-order valence-corrected chi connectivity index (χ4v) is 1.26. The summed E-state index contributed by atoms with van der Waals surface area (Å²) in [4.78, 5) is 22.8. The van der Waals surface area contributed by atoms with Crippen LogP contribution in [-0.2, 0) is 19.1 Å². The van der Waals surface area contributed by atoms with Gasteiger partial charge < -0.3 is 14.8 Å². The molecule has 0 aromatic carbocycles. The highest BCUT2D eigenvalue weighted by Crippen LogP contribution is 2.16. The van der Waals surface area contributed by atoms with Crippen molar-refractivity contribution in [1.29, 1.82) is 0 Å². The second kappa shape index (κ2) is 5.95. The minimum Gasteiger partial charge on any atom is -0.463 e. The van der Waals surface area contributed by atoms with Crippen LogP contribution in [-0.4, -0.2) is 25.2 Å². The van der Waals surface area contributed by atoms with Crippen LogP contribution in [0.15, 0.2) is 23.5 Å². The molecule has 1 rings (SSSR count). The standard InChI is InChI=1S/C11H15NO4/c1-3-15-10(13)8-5-9(7-12-6-8)11(14)16-4-2/h6-7,12H,3-5H2,1-2H3. The Morgan fingerprint density at radius 2 is 1.56 bits per heavy atom. The average molecular weight is 225 g/mol. The molecule has 0 saturated carbocycles. The minimum atomic E-state index is -0.412. The van der Waals surface area contributed by atoms with Gasteiger partial charge in [0.2, 0.25) is 0 Å². The summed E-state index contributed by atoms with van der Waals surface area (Å²) >= 11 is 0. The molecule has 1 N–H and O–H groups in total. The van der Waals surface area contributed by atoms with Gasteiger partial charge in [-0.15, -0.1) is 0 Å². The highest BCUT2D eigenvalue weighted by molar-refractivity contribution is 5.95. The number of carbonyl (C=O) groups excluding carboxylic acids is 2. The Bertz CT molecular complexity index is 312. The van der Waals surface area contributed by atoms with Crippen molar-refractivity contribution in [2.75, 3.05) is 13.2 Å². The van der Waals surface area contributed by atoms with E-state index in [-0.39, 0.29) is 6.42 Å². The molecule has 1 aliphatic rings. The molecule has 0 spiro atoms. The first-order valence-corrected chi connectivity index (χ1v) is 5.17. The van der Waals surface area contributed by atoms with Crippen molar-refractivity contribution >= 4 is 11.9 Å². The van der Waals surface area contributed by atoms with E-state index in [1.165, 1.54) is 12.4 Å².